The van der Waals surface area contributed by atoms with Gasteiger partial charge in [0.2, 0.25) is 0 Å². The molecule has 1 aliphatic rings. The molecule has 0 aromatic heterocycles. The van der Waals surface area contributed by atoms with E-state index in [1.165, 1.54) is 12.0 Å². The van der Waals surface area contributed by atoms with Crippen molar-refractivity contribution < 1.29 is 4.74 Å². The fourth-order valence-electron chi connectivity index (χ4n) is 2.62. The molecule has 0 spiro atoms. The minimum absolute atomic E-state index is 0.378. The summed E-state index contributed by atoms with van der Waals surface area (Å²) in [5, 5.41) is 3.45. The van der Waals surface area contributed by atoms with Gasteiger partial charge in [0, 0.05) is 23.0 Å². The van der Waals surface area contributed by atoms with Crippen LogP contribution in [0.2, 0.25) is 0 Å². The van der Waals surface area contributed by atoms with E-state index < -0.39 is 0 Å². The van der Waals surface area contributed by atoms with Gasteiger partial charge in [0.25, 0.3) is 0 Å². The summed E-state index contributed by atoms with van der Waals surface area (Å²) in [6.07, 6.45) is 2.62. The van der Waals surface area contributed by atoms with E-state index in [0.717, 1.165) is 17.5 Å². The van der Waals surface area contributed by atoms with Gasteiger partial charge in [-0.15, -0.1) is 0 Å². The average molecular weight is 298 g/mol. The second-order valence-electron chi connectivity index (χ2n) is 4.75. The fourth-order valence-corrected chi connectivity index (χ4v) is 2.88. The minimum atomic E-state index is 0.378. The summed E-state index contributed by atoms with van der Waals surface area (Å²) in [7, 11) is 2.05. The maximum absolute atomic E-state index is 5.66. The fraction of sp³-hybridized carbons (Fsp3) is 0.571. The second-order valence-corrected chi connectivity index (χ2v) is 5.67. The molecule has 0 bridgehead atoms. The number of halogens is 1. The molecule has 2 nitrogen and oxygen atoms in total. The molecule has 1 fully saturated rings. The van der Waals surface area contributed by atoms with Crippen LogP contribution in [0.15, 0.2) is 28.7 Å². The van der Waals surface area contributed by atoms with Crippen molar-refractivity contribution in [3.8, 4) is 0 Å². The van der Waals surface area contributed by atoms with Crippen molar-refractivity contribution in [3.05, 3.63) is 34.3 Å². The van der Waals surface area contributed by atoms with Crippen LogP contribution in [0.3, 0.4) is 0 Å². The summed E-state index contributed by atoms with van der Waals surface area (Å²) in [5.41, 5.74) is 1.38. The summed E-state index contributed by atoms with van der Waals surface area (Å²) in [6.45, 7) is 3.09. The summed E-state index contributed by atoms with van der Waals surface area (Å²) in [5.74, 6) is 0.628. The van der Waals surface area contributed by atoms with Gasteiger partial charge in [-0.05, 0) is 44.5 Å². The molecule has 3 unspecified atom stereocenters. The number of hydrogen-bond donors (Lipinski definition) is 1. The van der Waals surface area contributed by atoms with Crippen LogP contribution in [0, 0.1) is 5.92 Å². The van der Waals surface area contributed by atoms with Crippen LogP contribution in [0.4, 0.5) is 0 Å². The maximum atomic E-state index is 5.66. The Labute approximate surface area is 112 Å². The van der Waals surface area contributed by atoms with Gasteiger partial charge in [0.05, 0.1) is 6.10 Å². The largest absolute Gasteiger partial charge is 0.378 e. The van der Waals surface area contributed by atoms with Crippen molar-refractivity contribution in [2.45, 2.75) is 31.9 Å². The third-order valence-corrected chi connectivity index (χ3v) is 4.22. The van der Waals surface area contributed by atoms with Gasteiger partial charge in [-0.25, -0.2) is 0 Å². The molecule has 0 amide bonds. The normalized spacial score (nSPS) is 26.1. The molecule has 3 atom stereocenters. The van der Waals surface area contributed by atoms with Crippen LogP contribution in [0.1, 0.15) is 18.9 Å². The maximum Gasteiger partial charge on any atom is 0.0590 e. The molecule has 0 saturated carbocycles. The zero-order valence-electron chi connectivity index (χ0n) is 10.4. The third-order valence-electron chi connectivity index (χ3n) is 3.69. The van der Waals surface area contributed by atoms with Crippen LogP contribution in [-0.4, -0.2) is 25.8 Å². The van der Waals surface area contributed by atoms with Crippen molar-refractivity contribution in [2.75, 3.05) is 13.7 Å². The Morgan fingerprint density at radius 2 is 2.12 bits per heavy atom. The lowest BCUT2D eigenvalue weighted by atomic mass is 9.89. The van der Waals surface area contributed by atoms with Gasteiger partial charge in [-0.2, -0.15) is 0 Å². The quantitative estimate of drug-likeness (QED) is 0.922. The van der Waals surface area contributed by atoms with Crippen LogP contribution in [-0.2, 0) is 11.2 Å². The first-order valence-corrected chi connectivity index (χ1v) is 7.03. The lowest BCUT2D eigenvalue weighted by molar-refractivity contribution is 0.0963. The zero-order chi connectivity index (χ0) is 12.3. The third kappa shape index (κ3) is 3.30. The molecule has 1 saturated heterocycles. The molecule has 2 rings (SSSR count). The number of rotatable bonds is 4. The monoisotopic (exact) mass is 297 g/mol. The van der Waals surface area contributed by atoms with Gasteiger partial charge in [0.15, 0.2) is 0 Å². The van der Waals surface area contributed by atoms with Crippen LogP contribution in [0.5, 0.6) is 0 Å². The highest BCUT2D eigenvalue weighted by molar-refractivity contribution is 9.10. The highest BCUT2D eigenvalue weighted by atomic mass is 79.9. The number of nitrogens with one attached hydrogen (secondary N) is 1. The van der Waals surface area contributed by atoms with Gasteiger partial charge >= 0.3 is 0 Å². The molecule has 1 aromatic rings. The van der Waals surface area contributed by atoms with Gasteiger partial charge < -0.3 is 10.1 Å². The first-order chi connectivity index (χ1) is 8.20. The zero-order valence-corrected chi connectivity index (χ0v) is 12.0. The van der Waals surface area contributed by atoms with Crippen molar-refractivity contribution in [3.63, 3.8) is 0 Å². The number of ether oxygens (including phenoxy) is 1. The lowest BCUT2D eigenvalue weighted by Crippen LogP contribution is -2.38. The highest BCUT2D eigenvalue weighted by Gasteiger charge is 2.30. The molecule has 0 radical (unpaired) electrons. The van der Waals surface area contributed by atoms with E-state index in [9.17, 15) is 0 Å². The van der Waals surface area contributed by atoms with Gasteiger partial charge in [-0.3, -0.25) is 0 Å². The molecule has 17 heavy (non-hydrogen) atoms. The molecule has 1 N–H and O–H groups in total. The van der Waals surface area contributed by atoms with E-state index in [-0.39, 0.29) is 0 Å². The molecule has 94 valence electrons. The predicted octanol–water partition coefficient (Wildman–Crippen LogP) is 3.00. The topological polar surface area (TPSA) is 21.3 Å². The Morgan fingerprint density at radius 3 is 2.65 bits per heavy atom. The summed E-state index contributed by atoms with van der Waals surface area (Å²) >= 11 is 3.47. The van der Waals surface area contributed by atoms with Crippen LogP contribution in [0.25, 0.3) is 0 Å². The van der Waals surface area contributed by atoms with E-state index in [1.54, 1.807) is 0 Å². The lowest BCUT2D eigenvalue weighted by Gasteiger charge is -2.25. The standard InChI is InChI=1S/C14H20BrNO/c1-10-13(7-8-17-10)14(16-2)9-11-3-5-12(15)6-4-11/h3-6,10,13-14,16H,7-9H2,1-2H3. The summed E-state index contributed by atoms with van der Waals surface area (Å²) in [4.78, 5) is 0. The van der Waals surface area contributed by atoms with E-state index >= 15 is 0 Å². The molecule has 3 heteroatoms. The minimum Gasteiger partial charge on any atom is -0.378 e. The Morgan fingerprint density at radius 1 is 1.41 bits per heavy atom. The molecule has 1 aromatic carbocycles. The van der Waals surface area contributed by atoms with Crippen molar-refractivity contribution in [1.29, 1.82) is 0 Å². The van der Waals surface area contributed by atoms with Crippen molar-refractivity contribution in [1.82, 2.24) is 5.32 Å². The van der Waals surface area contributed by atoms with E-state index in [1.807, 2.05) is 0 Å². The number of benzene rings is 1. The Balaban J connectivity index is 2.01. The molecular formula is C14H20BrNO. The van der Waals surface area contributed by atoms with Gasteiger partial charge in [-0.1, -0.05) is 28.1 Å². The van der Waals surface area contributed by atoms with Crippen molar-refractivity contribution >= 4 is 15.9 Å². The number of likely N-dealkylation sites (N-methyl/N-ethyl adjacent to an activating group) is 1. The Hall–Kier alpha value is -0.380. The first kappa shape index (κ1) is 13.1. The smallest absolute Gasteiger partial charge is 0.0590 e. The van der Waals surface area contributed by atoms with E-state index in [0.29, 0.717) is 18.1 Å². The first-order valence-electron chi connectivity index (χ1n) is 6.24. The summed E-state index contributed by atoms with van der Waals surface area (Å²) in [6, 6.07) is 9.10. The van der Waals surface area contributed by atoms with Gasteiger partial charge in [0.1, 0.15) is 0 Å². The SMILES string of the molecule is CNC(Cc1ccc(Br)cc1)C1CCOC1C. The second kappa shape index (κ2) is 5.98. The van der Waals surface area contributed by atoms with Crippen LogP contribution >= 0.6 is 15.9 Å². The predicted molar refractivity (Wildman–Crippen MR) is 74.2 cm³/mol. The highest BCUT2D eigenvalue weighted by Crippen LogP contribution is 2.26. The van der Waals surface area contributed by atoms with Crippen molar-refractivity contribution in [2.24, 2.45) is 5.92 Å². The molecule has 0 aliphatic carbocycles. The molecular weight excluding hydrogens is 278 g/mol. The average Bonchev–Trinajstić information content (AvgIpc) is 2.75. The Kier molecular flexibility index (Phi) is 4.60. The van der Waals surface area contributed by atoms with Crippen LogP contribution < -0.4 is 5.32 Å². The molecule has 1 heterocycles. The Bertz CT molecular complexity index is 352. The van der Waals surface area contributed by atoms with E-state index in [4.69, 9.17) is 4.74 Å². The summed E-state index contributed by atoms with van der Waals surface area (Å²) < 4.78 is 6.80. The number of hydrogen-bond acceptors (Lipinski definition) is 2. The van der Waals surface area contributed by atoms with E-state index in [2.05, 4.69) is 59.5 Å². The molecule has 1 aliphatic heterocycles.